The first kappa shape index (κ1) is 24.2. The van der Waals surface area contributed by atoms with E-state index in [0.717, 1.165) is 32.4 Å². The third-order valence-corrected chi connectivity index (χ3v) is 6.33. The fourth-order valence-corrected chi connectivity index (χ4v) is 4.48. The number of carboxylic acids is 1. The molecule has 10 heteroatoms. The fraction of sp³-hybridized carbons (Fsp3) is 0.400. The first-order valence-corrected chi connectivity index (χ1v) is 11.8. The van der Waals surface area contributed by atoms with Crippen molar-refractivity contribution >= 4 is 35.2 Å². The van der Waals surface area contributed by atoms with Crippen molar-refractivity contribution in [2.75, 3.05) is 29.9 Å². The van der Waals surface area contributed by atoms with Gasteiger partial charge in [-0.05, 0) is 49.1 Å². The van der Waals surface area contributed by atoms with E-state index in [1.54, 1.807) is 47.5 Å². The molecule has 0 aliphatic carbocycles. The Morgan fingerprint density at radius 2 is 1.91 bits per heavy atom. The normalized spacial score (nSPS) is 18.7. The lowest BCUT2D eigenvalue weighted by Crippen LogP contribution is -2.38. The molecule has 2 saturated heterocycles. The number of amides is 4. The zero-order valence-electron chi connectivity index (χ0n) is 19.4. The van der Waals surface area contributed by atoms with Crippen LogP contribution in [0.4, 0.5) is 16.2 Å². The minimum atomic E-state index is -1.05. The highest BCUT2D eigenvalue weighted by molar-refractivity contribution is 6.01. The molecule has 35 heavy (non-hydrogen) atoms. The van der Waals surface area contributed by atoms with Crippen LogP contribution in [0.5, 0.6) is 0 Å². The second kappa shape index (κ2) is 11.0. The van der Waals surface area contributed by atoms with E-state index in [-0.39, 0.29) is 37.2 Å². The van der Waals surface area contributed by atoms with Crippen molar-refractivity contribution in [2.24, 2.45) is 5.92 Å². The molecule has 4 rings (SSSR count). The maximum atomic E-state index is 13.0. The molecule has 3 N–H and O–H groups in total. The highest BCUT2D eigenvalue weighted by Crippen LogP contribution is 2.28. The Hall–Kier alpha value is -3.95. The number of benzene rings is 1. The number of piperidine rings is 1. The van der Waals surface area contributed by atoms with Crippen LogP contribution in [0, 0.1) is 5.92 Å². The Bertz CT molecular complexity index is 1090. The lowest BCUT2D eigenvalue weighted by Gasteiger charge is -2.27. The highest BCUT2D eigenvalue weighted by Gasteiger charge is 2.36. The number of anilines is 2. The van der Waals surface area contributed by atoms with Crippen molar-refractivity contribution in [1.82, 2.24) is 15.2 Å². The van der Waals surface area contributed by atoms with Crippen molar-refractivity contribution in [3.8, 4) is 0 Å². The number of urea groups is 1. The molecule has 2 fully saturated rings. The minimum absolute atomic E-state index is 0.0169. The van der Waals surface area contributed by atoms with Crippen molar-refractivity contribution < 1.29 is 24.3 Å². The summed E-state index contributed by atoms with van der Waals surface area (Å²) in [6.45, 7) is 1.63. The second-order valence-electron chi connectivity index (χ2n) is 8.88. The van der Waals surface area contributed by atoms with Gasteiger partial charge in [0, 0.05) is 49.8 Å². The molecule has 2 atom stereocenters. The number of pyridine rings is 1. The molecular formula is C25H29N5O5. The first-order valence-electron chi connectivity index (χ1n) is 11.8. The van der Waals surface area contributed by atoms with Gasteiger partial charge >= 0.3 is 12.0 Å². The number of hydrogen-bond acceptors (Lipinski definition) is 5. The molecule has 0 bridgehead atoms. The number of carboxylic acid groups (broad SMARTS) is 1. The Labute approximate surface area is 203 Å². The van der Waals surface area contributed by atoms with Crippen molar-refractivity contribution in [3.05, 3.63) is 54.4 Å². The van der Waals surface area contributed by atoms with Crippen LogP contribution in [0.3, 0.4) is 0 Å². The molecule has 2 aliphatic rings. The third kappa shape index (κ3) is 6.14. The van der Waals surface area contributed by atoms with E-state index in [9.17, 15) is 24.3 Å². The van der Waals surface area contributed by atoms with Gasteiger partial charge in [-0.1, -0.05) is 12.1 Å². The maximum absolute atomic E-state index is 13.0. The predicted molar refractivity (Wildman–Crippen MR) is 129 cm³/mol. The van der Waals surface area contributed by atoms with Crippen LogP contribution >= 0.6 is 0 Å². The van der Waals surface area contributed by atoms with Crippen LogP contribution in [0.2, 0.25) is 0 Å². The molecule has 3 heterocycles. The van der Waals surface area contributed by atoms with E-state index in [2.05, 4.69) is 15.6 Å². The number of carbonyl (C=O) groups excluding carboxylic acids is 3. The van der Waals surface area contributed by atoms with Crippen molar-refractivity contribution in [1.29, 1.82) is 0 Å². The van der Waals surface area contributed by atoms with E-state index in [1.807, 2.05) is 0 Å². The van der Waals surface area contributed by atoms with Crippen LogP contribution < -0.4 is 15.5 Å². The lowest BCUT2D eigenvalue weighted by molar-refractivity contribution is -0.138. The Morgan fingerprint density at radius 3 is 2.63 bits per heavy atom. The van der Waals surface area contributed by atoms with Crippen LogP contribution in [-0.4, -0.2) is 58.4 Å². The summed E-state index contributed by atoms with van der Waals surface area (Å²) >= 11 is 0. The van der Waals surface area contributed by atoms with E-state index in [0.29, 0.717) is 16.9 Å². The van der Waals surface area contributed by atoms with Crippen LogP contribution in [0.1, 0.15) is 43.7 Å². The van der Waals surface area contributed by atoms with Gasteiger partial charge in [0.25, 0.3) is 0 Å². The molecule has 1 aromatic carbocycles. The van der Waals surface area contributed by atoms with Crippen LogP contribution in [-0.2, 0) is 14.4 Å². The first-order chi connectivity index (χ1) is 16.9. The third-order valence-electron chi connectivity index (χ3n) is 6.33. The molecule has 0 saturated carbocycles. The number of aromatic nitrogens is 1. The quantitative estimate of drug-likeness (QED) is 0.560. The van der Waals surface area contributed by atoms with Gasteiger partial charge in [-0.2, -0.15) is 0 Å². The van der Waals surface area contributed by atoms with E-state index in [1.165, 1.54) is 11.1 Å². The fourth-order valence-electron chi connectivity index (χ4n) is 4.48. The molecule has 4 amide bonds. The van der Waals surface area contributed by atoms with E-state index in [4.69, 9.17) is 0 Å². The van der Waals surface area contributed by atoms with Gasteiger partial charge in [0.1, 0.15) is 0 Å². The van der Waals surface area contributed by atoms with E-state index < -0.39 is 17.9 Å². The highest BCUT2D eigenvalue weighted by atomic mass is 16.4. The average Bonchev–Trinajstić information content (AvgIpc) is 3.26. The summed E-state index contributed by atoms with van der Waals surface area (Å²) in [6, 6.07) is 9.48. The maximum Gasteiger partial charge on any atom is 0.321 e. The average molecular weight is 480 g/mol. The molecule has 0 spiro atoms. The van der Waals surface area contributed by atoms with Crippen molar-refractivity contribution in [2.45, 2.75) is 38.1 Å². The number of likely N-dealkylation sites (tertiary alicyclic amines) is 1. The molecule has 1 aromatic heterocycles. The molecule has 184 valence electrons. The van der Waals surface area contributed by atoms with Crippen LogP contribution in [0.15, 0.2) is 48.8 Å². The zero-order chi connectivity index (χ0) is 24.8. The summed E-state index contributed by atoms with van der Waals surface area (Å²) in [5.41, 5.74) is 1.76. The summed E-state index contributed by atoms with van der Waals surface area (Å²) < 4.78 is 0. The Balaban J connectivity index is 1.41. The van der Waals surface area contributed by atoms with E-state index >= 15 is 0 Å². The lowest BCUT2D eigenvalue weighted by atomic mass is 10.0. The van der Waals surface area contributed by atoms with Gasteiger partial charge in [0.15, 0.2) is 0 Å². The topological polar surface area (TPSA) is 132 Å². The van der Waals surface area contributed by atoms with Gasteiger partial charge in [-0.3, -0.25) is 19.4 Å². The van der Waals surface area contributed by atoms with Gasteiger partial charge in [0.2, 0.25) is 11.8 Å². The standard InChI is InChI=1S/C25H29N5O5/c31-22-12-18(24(34)28-21(14-23(32)33)17-6-5-9-26-15-17)16-30(22)20-8-4-7-19(13-20)27-25(35)29-10-2-1-3-11-29/h4-9,13,15,18,21H,1-3,10-12,14,16H2,(H,27,35)(H,28,34)(H,32,33). The summed E-state index contributed by atoms with van der Waals surface area (Å²) in [4.78, 5) is 56.9. The molecule has 10 nitrogen and oxygen atoms in total. The number of nitrogens with one attached hydrogen (secondary N) is 2. The Morgan fingerprint density at radius 1 is 1.11 bits per heavy atom. The van der Waals surface area contributed by atoms with Crippen molar-refractivity contribution in [3.63, 3.8) is 0 Å². The van der Waals surface area contributed by atoms with Gasteiger partial charge in [-0.15, -0.1) is 0 Å². The molecule has 0 radical (unpaired) electrons. The largest absolute Gasteiger partial charge is 0.481 e. The SMILES string of the molecule is O=C(O)CC(NC(=O)C1CC(=O)N(c2cccc(NC(=O)N3CCCCC3)c2)C1)c1cccnc1. The summed E-state index contributed by atoms with van der Waals surface area (Å²) in [5, 5.41) is 14.9. The predicted octanol–water partition coefficient (Wildman–Crippen LogP) is 2.78. The van der Waals surface area contributed by atoms with Gasteiger partial charge in [-0.25, -0.2) is 4.79 Å². The summed E-state index contributed by atoms with van der Waals surface area (Å²) in [5.74, 6) is -2.26. The van der Waals surface area contributed by atoms with Crippen LogP contribution in [0.25, 0.3) is 0 Å². The Kier molecular flexibility index (Phi) is 7.59. The minimum Gasteiger partial charge on any atom is -0.481 e. The summed E-state index contributed by atoms with van der Waals surface area (Å²) in [7, 11) is 0. The monoisotopic (exact) mass is 479 g/mol. The second-order valence-corrected chi connectivity index (χ2v) is 8.88. The smallest absolute Gasteiger partial charge is 0.321 e. The number of rotatable bonds is 7. The number of hydrogen-bond donors (Lipinski definition) is 3. The molecule has 2 unspecified atom stereocenters. The van der Waals surface area contributed by atoms with Gasteiger partial charge in [0.05, 0.1) is 18.4 Å². The zero-order valence-corrected chi connectivity index (χ0v) is 19.4. The number of carbonyl (C=O) groups is 4. The number of nitrogens with zero attached hydrogens (tertiary/aromatic N) is 3. The molecule has 2 aliphatic heterocycles. The number of aliphatic carboxylic acids is 1. The summed E-state index contributed by atoms with van der Waals surface area (Å²) in [6.07, 6.45) is 5.93. The molecule has 2 aromatic rings. The molecular weight excluding hydrogens is 450 g/mol. The van der Waals surface area contributed by atoms with Gasteiger partial charge < -0.3 is 25.5 Å².